The van der Waals surface area contributed by atoms with Gasteiger partial charge in [-0.2, -0.15) is 0 Å². The van der Waals surface area contributed by atoms with E-state index in [9.17, 15) is 18.8 Å². The van der Waals surface area contributed by atoms with E-state index in [1.165, 1.54) is 11.0 Å². The van der Waals surface area contributed by atoms with E-state index in [2.05, 4.69) is 5.32 Å². The second-order valence-electron chi connectivity index (χ2n) is 8.86. The summed E-state index contributed by atoms with van der Waals surface area (Å²) in [6.07, 6.45) is -0.133. The van der Waals surface area contributed by atoms with Crippen LogP contribution in [0.5, 0.6) is 0 Å². The number of nitrogens with zero attached hydrogens (tertiary/aromatic N) is 1. The zero-order chi connectivity index (χ0) is 26.0. The molecule has 1 heterocycles. The number of anilines is 2. The fourth-order valence-electron chi connectivity index (χ4n) is 4.45. The zero-order valence-electron chi connectivity index (χ0n) is 19.9. The lowest BCUT2D eigenvalue weighted by Crippen LogP contribution is -2.33. The molecular weight excluding hydrogens is 486 g/mol. The van der Waals surface area contributed by atoms with Crippen LogP contribution >= 0.6 is 9.24 Å². The first kappa shape index (κ1) is 24.5. The van der Waals surface area contributed by atoms with Crippen LogP contribution in [0.4, 0.5) is 15.8 Å². The highest BCUT2D eigenvalue weighted by Crippen LogP contribution is 2.37. The lowest BCUT2D eigenvalue weighted by Gasteiger charge is -2.22. The molecule has 0 aromatic heterocycles. The first-order valence-corrected chi connectivity index (χ1v) is 12.4. The number of carbonyl (C=O) groups excluding carboxylic acids is 3. The number of para-hydroxylation sites is 1. The van der Waals surface area contributed by atoms with Crippen molar-refractivity contribution in [3.63, 3.8) is 0 Å². The van der Waals surface area contributed by atoms with Crippen molar-refractivity contribution in [3.05, 3.63) is 120 Å². The van der Waals surface area contributed by atoms with E-state index in [0.29, 0.717) is 22.5 Å². The molecule has 1 N–H and O–H groups in total. The van der Waals surface area contributed by atoms with Crippen molar-refractivity contribution in [2.24, 2.45) is 0 Å². The second-order valence-corrected chi connectivity index (χ2v) is 9.77. The quantitative estimate of drug-likeness (QED) is 0.324. The highest BCUT2D eigenvalue weighted by Gasteiger charge is 2.40. The van der Waals surface area contributed by atoms with E-state index >= 15 is 0 Å². The van der Waals surface area contributed by atoms with Gasteiger partial charge in [-0.05, 0) is 53.6 Å². The number of ketones is 1. The summed E-state index contributed by atoms with van der Waals surface area (Å²) in [7, 11) is 1.98. The van der Waals surface area contributed by atoms with Crippen molar-refractivity contribution in [2.45, 2.75) is 11.8 Å². The topological polar surface area (TPSA) is 66.5 Å². The molecule has 37 heavy (non-hydrogen) atoms. The summed E-state index contributed by atoms with van der Waals surface area (Å²) in [5.74, 6) is -1.27. The van der Waals surface area contributed by atoms with E-state index in [1.54, 1.807) is 48.5 Å². The number of hydrogen-bond donors (Lipinski definition) is 1. The Kier molecular flexibility index (Phi) is 6.68. The maximum Gasteiger partial charge on any atom is 0.258 e. The summed E-state index contributed by atoms with van der Waals surface area (Å²) in [4.78, 5) is 40.6. The number of fused-ring (bicyclic) bond motifs is 1. The predicted octanol–water partition coefficient (Wildman–Crippen LogP) is 6.38. The summed E-state index contributed by atoms with van der Waals surface area (Å²) in [5, 5.41) is 0.766. The van der Waals surface area contributed by atoms with Crippen molar-refractivity contribution >= 4 is 38.2 Å². The molecule has 0 saturated carbocycles. The molecule has 1 aliphatic rings. The summed E-state index contributed by atoms with van der Waals surface area (Å²) in [5.41, 5.74) is 3.74. The zero-order valence-corrected chi connectivity index (χ0v) is 21.0. The van der Waals surface area contributed by atoms with Gasteiger partial charge in [0.05, 0.1) is 5.69 Å². The second kappa shape index (κ2) is 10.1. The highest BCUT2D eigenvalue weighted by molar-refractivity contribution is 7.20. The van der Waals surface area contributed by atoms with Crippen LogP contribution in [-0.4, -0.2) is 29.6 Å². The minimum Gasteiger partial charge on any atom is -0.322 e. The third-order valence-corrected chi connectivity index (χ3v) is 6.96. The maximum atomic E-state index is 14.9. The molecule has 2 amide bonds. The normalized spacial score (nSPS) is 17.0. The average Bonchev–Trinajstić information content (AvgIpc) is 3.03. The Balaban J connectivity index is 1.37. The molecule has 0 aliphatic carbocycles. The van der Waals surface area contributed by atoms with Gasteiger partial charge in [0.15, 0.2) is 5.41 Å². The van der Waals surface area contributed by atoms with Gasteiger partial charge in [-0.15, -0.1) is 0 Å². The predicted molar refractivity (Wildman–Crippen MR) is 147 cm³/mol. The molecule has 4 aromatic rings. The van der Waals surface area contributed by atoms with Crippen LogP contribution in [0.25, 0.3) is 11.1 Å². The SMILES string of the molecule is O=C(Nc1ccc(C(=O)N2CCC(F)(P)C(=O)c3ccccc32)cc1)c1ccccc1-c1ccccc1. The first-order valence-electron chi connectivity index (χ1n) is 11.8. The van der Waals surface area contributed by atoms with E-state index in [1.807, 2.05) is 57.8 Å². The molecule has 0 radical (unpaired) electrons. The van der Waals surface area contributed by atoms with Gasteiger partial charge in [-0.1, -0.05) is 69.9 Å². The molecule has 4 aromatic carbocycles. The number of halogens is 1. The van der Waals surface area contributed by atoms with Crippen molar-refractivity contribution < 1.29 is 18.8 Å². The Labute approximate surface area is 216 Å². The van der Waals surface area contributed by atoms with E-state index in [0.717, 1.165) is 11.1 Å². The smallest absolute Gasteiger partial charge is 0.258 e. The van der Waals surface area contributed by atoms with Gasteiger partial charge in [0.1, 0.15) is 0 Å². The van der Waals surface area contributed by atoms with Crippen molar-refractivity contribution in [1.82, 2.24) is 0 Å². The lowest BCUT2D eigenvalue weighted by atomic mass is 9.99. The van der Waals surface area contributed by atoms with Gasteiger partial charge in [-0.3, -0.25) is 14.4 Å². The van der Waals surface area contributed by atoms with Crippen LogP contribution in [-0.2, 0) is 0 Å². The maximum absolute atomic E-state index is 14.9. The number of alkyl halides is 1. The Morgan fingerprint density at radius 1 is 0.811 bits per heavy atom. The number of Topliss-reactive ketones (excluding diaryl/α,β-unsaturated/α-hetero) is 1. The lowest BCUT2D eigenvalue weighted by molar-refractivity contribution is 0.0832. The van der Waals surface area contributed by atoms with Crippen LogP contribution in [0.2, 0.25) is 0 Å². The first-order chi connectivity index (χ1) is 17.8. The molecule has 5 rings (SSSR count). The van der Waals surface area contributed by atoms with Crippen LogP contribution in [0.1, 0.15) is 37.5 Å². The summed E-state index contributed by atoms with van der Waals surface area (Å²) in [6, 6.07) is 30.1. The summed E-state index contributed by atoms with van der Waals surface area (Å²) < 4.78 is 14.9. The average molecular weight is 511 g/mol. The highest BCUT2D eigenvalue weighted by atomic mass is 31.0. The van der Waals surface area contributed by atoms with Crippen molar-refractivity contribution in [1.29, 1.82) is 0 Å². The molecule has 2 unspecified atom stereocenters. The third kappa shape index (κ3) is 4.93. The molecule has 184 valence electrons. The fraction of sp³-hybridized carbons (Fsp3) is 0.100. The number of benzene rings is 4. The van der Waals surface area contributed by atoms with Crippen LogP contribution in [0.15, 0.2) is 103 Å². The molecule has 7 heteroatoms. The molecule has 0 spiro atoms. The monoisotopic (exact) mass is 510 g/mol. The molecule has 0 saturated heterocycles. The van der Waals surface area contributed by atoms with Gasteiger partial charge >= 0.3 is 0 Å². The Morgan fingerprint density at radius 3 is 2.16 bits per heavy atom. The number of amides is 2. The number of rotatable bonds is 4. The van der Waals surface area contributed by atoms with Crippen molar-refractivity contribution in [2.75, 3.05) is 16.8 Å². The molecule has 0 fully saturated rings. The molecule has 1 aliphatic heterocycles. The van der Waals surface area contributed by atoms with E-state index < -0.39 is 11.2 Å². The Hall–Kier alpha value is -4.15. The number of hydrogen-bond acceptors (Lipinski definition) is 3. The van der Waals surface area contributed by atoms with Gasteiger partial charge in [0.2, 0.25) is 5.78 Å². The number of carbonyl (C=O) groups is 3. The van der Waals surface area contributed by atoms with Crippen LogP contribution in [0, 0.1) is 0 Å². The molecule has 2 atom stereocenters. The molecule has 5 nitrogen and oxygen atoms in total. The van der Waals surface area contributed by atoms with Gasteiger partial charge in [-0.25, -0.2) is 4.39 Å². The Bertz CT molecular complexity index is 1490. The summed E-state index contributed by atoms with van der Waals surface area (Å²) >= 11 is 0. The third-order valence-electron chi connectivity index (χ3n) is 6.41. The van der Waals surface area contributed by atoms with Gasteiger partial charge in [0.25, 0.3) is 11.8 Å². The largest absolute Gasteiger partial charge is 0.322 e. The Morgan fingerprint density at radius 2 is 1.43 bits per heavy atom. The fourth-order valence-corrected chi connectivity index (χ4v) is 4.73. The van der Waals surface area contributed by atoms with Crippen molar-refractivity contribution in [3.8, 4) is 11.1 Å². The van der Waals surface area contributed by atoms with Crippen LogP contribution in [0.3, 0.4) is 0 Å². The minimum atomic E-state index is -2.13. The standard InChI is InChI=1S/C30H24FN2O3P/c31-30(37)18-19-33(26-13-7-6-12-25(26)27(30)34)29(36)21-14-16-22(17-15-21)32-28(35)24-11-5-4-10-23(24)20-8-2-1-3-9-20/h1-17H,18-19,37H2,(H,32,35). The van der Waals surface area contributed by atoms with E-state index in [-0.39, 0.29) is 30.3 Å². The van der Waals surface area contributed by atoms with E-state index in [4.69, 9.17) is 0 Å². The molecular formula is C30H24FN2O3P. The minimum absolute atomic E-state index is 0.0519. The van der Waals surface area contributed by atoms with Crippen LogP contribution < -0.4 is 10.2 Å². The van der Waals surface area contributed by atoms with Gasteiger partial charge < -0.3 is 10.2 Å². The summed E-state index contributed by atoms with van der Waals surface area (Å²) in [6.45, 7) is 0.0519. The van der Waals surface area contributed by atoms with Gasteiger partial charge in [0, 0.05) is 35.3 Å². The molecule has 0 bridgehead atoms. The number of nitrogens with one attached hydrogen (secondary N) is 1.